The van der Waals surface area contributed by atoms with Crippen LogP contribution >= 0.6 is 0 Å². The summed E-state index contributed by atoms with van der Waals surface area (Å²) in [7, 11) is 0. The van der Waals surface area contributed by atoms with Crippen LogP contribution in [0, 0.1) is 0 Å². The Morgan fingerprint density at radius 1 is 0.343 bits per heavy atom. The van der Waals surface area contributed by atoms with Crippen LogP contribution in [0.3, 0.4) is 0 Å². The molecule has 37 N–H and O–H groups in total. The van der Waals surface area contributed by atoms with Gasteiger partial charge in [0.05, 0.1) is 19.7 Å². The largest absolute Gasteiger partial charge is 0.542 e. The van der Waals surface area contributed by atoms with Crippen LogP contribution in [0.4, 0.5) is 79.0 Å². The molecule has 102 heavy (non-hydrogen) atoms. The van der Waals surface area contributed by atoms with Crippen LogP contribution in [0.15, 0.2) is 0 Å². The molecule has 0 amide bonds. The molecule has 4 fully saturated rings. The van der Waals surface area contributed by atoms with Crippen molar-refractivity contribution in [2.24, 2.45) is 68.8 Å². The lowest BCUT2D eigenvalue weighted by Gasteiger charge is -2.46. The highest BCUT2D eigenvalue weighted by atomic mass is 19.4. The zero-order valence-corrected chi connectivity index (χ0v) is 50.0. The Hall–Kier alpha value is -9.34. The molecule has 0 aromatic heterocycles. The van der Waals surface area contributed by atoms with Gasteiger partial charge in [-0.25, -0.2) is 0 Å². The smallest absolute Gasteiger partial charge is 0.430 e. The third kappa shape index (κ3) is 35.8. The number of rotatable bonds is 15. The third-order valence-electron chi connectivity index (χ3n) is 11.5. The van der Waals surface area contributed by atoms with E-state index in [1.165, 1.54) is 0 Å². The third-order valence-corrected chi connectivity index (χ3v) is 11.5. The minimum atomic E-state index is -5.19. The molecule has 1 aliphatic carbocycles. The molecule has 43 nitrogen and oxygen atoms in total. The molecule has 3 saturated heterocycles. The molecule has 0 spiro atoms. The number of ether oxygens (including phenoxy) is 6. The van der Waals surface area contributed by atoms with Crippen LogP contribution in [-0.2, 0) is 57.2 Å². The predicted molar refractivity (Wildman–Crippen MR) is 266 cm³/mol. The van der Waals surface area contributed by atoms with Crippen molar-refractivity contribution in [3.8, 4) is 0 Å². The Bertz CT molecular complexity index is 2690. The van der Waals surface area contributed by atoms with Crippen LogP contribution in [0.1, 0.15) is 6.42 Å². The summed E-state index contributed by atoms with van der Waals surface area (Å²) in [4.78, 5) is 68.6. The van der Waals surface area contributed by atoms with E-state index in [9.17, 15) is 115 Å². The van der Waals surface area contributed by atoms with Gasteiger partial charge in [-0.15, -0.1) is 0 Å². The zero-order chi connectivity index (χ0) is 81.2. The van der Waals surface area contributed by atoms with Gasteiger partial charge in [-0.1, -0.05) is 0 Å². The van der Waals surface area contributed by atoms with Gasteiger partial charge in [0.2, 0.25) is 0 Å². The molecule has 3 heterocycles. The second kappa shape index (κ2) is 40.9. The summed E-state index contributed by atoms with van der Waals surface area (Å²) < 4.78 is 226. The summed E-state index contributed by atoms with van der Waals surface area (Å²) in [6, 6.07) is -4.80. The van der Waals surface area contributed by atoms with Gasteiger partial charge in [-0.05, 0) is 0 Å². The van der Waals surface area contributed by atoms with Gasteiger partial charge in [0, 0.05) is 6.42 Å². The number of halogens is 18. The number of aliphatic hydroxyl groups excluding tert-OH is 7. The highest BCUT2D eigenvalue weighted by Gasteiger charge is 2.57. The van der Waals surface area contributed by atoms with Crippen molar-refractivity contribution in [1.82, 2.24) is 0 Å². The number of hydrogen-bond acceptors (Lipinski definition) is 25. The highest BCUT2D eigenvalue weighted by Crippen LogP contribution is 2.34. The van der Waals surface area contributed by atoms with E-state index in [0.29, 0.717) is 0 Å². The Balaban J connectivity index is -0.00000186. The fourth-order valence-corrected chi connectivity index (χ4v) is 7.40. The fraction of sp³-hybridized carbons (Fsp3) is 0.707. The molecule has 0 bridgehead atoms. The molecular formula is C41H64F18N18O25. The summed E-state index contributed by atoms with van der Waals surface area (Å²) in [5, 5.41) is 131. The standard InChI is InChI=1S/C29H58N18O13.6C2HF3O2/c30-24(31)42-2-7-13(50)15(52)10(46-28(38)39)21(55-7)58-18-6(45-27(36)37)1-5(44-26(34)35)12(49)20(18)60-23-17(54)19(9(4-48)57-23)59-22-11(47-29(40)41)16(53)14(51)8(56-22)3-43-25(32)33;6*3-2(4,5)1(6)7/h5-23,48-54H,1-4H2,(H4,30,31,42)(H4,32,33,43)(H4,34,35,44)(H4,36,37,45)(H4,38,39,46)(H4,40,41,47);6*(H,6,7)/t5-,6+,7-,8+,9-,10-,11-,12+,13-,14-,15-,16-,17-,18-,19-,20-,21-,22-,23+;;;;;;/m1....../s1. The number of aliphatic carboxylic acids is 6. The van der Waals surface area contributed by atoms with Gasteiger partial charge >= 0.3 is 72.8 Å². The molecule has 61 heteroatoms. The van der Waals surface area contributed by atoms with Gasteiger partial charge < -0.3 is 124 Å². The van der Waals surface area contributed by atoms with Gasteiger partial charge in [-0.2, -0.15) is 79.0 Å². The quantitative estimate of drug-likeness (QED) is 0.0411. The summed E-state index contributed by atoms with van der Waals surface area (Å²) >= 11 is 0. The van der Waals surface area contributed by atoms with Crippen LogP contribution in [-0.4, -0.2) is 280 Å². The Morgan fingerprint density at radius 2 is 0.588 bits per heavy atom. The molecule has 1 saturated carbocycles. The monoisotopic (exact) mass is 1550 g/mol. The van der Waals surface area contributed by atoms with Gasteiger partial charge in [0.25, 0.3) is 0 Å². The maximum Gasteiger partial charge on any atom is 0.430 e. The Labute approximate surface area is 552 Å². The molecule has 0 aromatic rings. The van der Waals surface area contributed by atoms with Crippen LogP contribution in [0.5, 0.6) is 0 Å². The first-order valence-electron chi connectivity index (χ1n) is 25.9. The van der Waals surface area contributed by atoms with Crippen molar-refractivity contribution in [2.45, 2.75) is 160 Å². The van der Waals surface area contributed by atoms with Crippen LogP contribution in [0.25, 0.3) is 0 Å². The van der Waals surface area contributed by atoms with E-state index in [1.54, 1.807) is 0 Å². The van der Waals surface area contributed by atoms with E-state index < -0.39 is 208 Å². The molecule has 3 aliphatic heterocycles. The highest BCUT2D eigenvalue weighted by molar-refractivity contribution is 5.73. The van der Waals surface area contributed by atoms with Gasteiger partial charge in [0.1, 0.15) is 121 Å². The summed E-state index contributed by atoms with van der Waals surface area (Å²) in [6.45, 7) is -1.22. The number of nitrogens with two attached hydrogens (primary N) is 12. The first-order valence-corrected chi connectivity index (χ1v) is 25.9. The maximum atomic E-state index is 11.9. The number of nitrogens with one attached hydrogen (secondary N) is 6. The van der Waals surface area contributed by atoms with E-state index >= 15 is 0 Å². The molecule has 0 unspecified atom stereocenters. The van der Waals surface area contributed by atoms with Crippen molar-refractivity contribution in [2.75, 3.05) is 19.7 Å². The lowest BCUT2D eigenvalue weighted by Crippen LogP contribution is -2.96. The average Bonchev–Trinajstić information content (AvgIpc) is 1.29. The normalized spacial score (nSPS) is 28.4. The average molecular weight is 1550 g/mol. The molecule has 4 rings (SSSR count). The van der Waals surface area contributed by atoms with Gasteiger partial charge in [0.15, 0.2) is 31.0 Å². The first-order chi connectivity index (χ1) is 45.8. The van der Waals surface area contributed by atoms with E-state index in [4.69, 9.17) is 157 Å². The lowest BCUT2D eigenvalue weighted by molar-refractivity contribution is -0.595. The number of hydrogen-bond donors (Lipinski definition) is 25. The van der Waals surface area contributed by atoms with Crippen molar-refractivity contribution in [3.05, 3.63) is 0 Å². The Kier molecular flexibility index (Phi) is 38.9. The van der Waals surface area contributed by atoms with Crippen molar-refractivity contribution < 1.29 is 233 Å². The number of carbonyl (C=O) groups excluding carboxylic acids is 6. The van der Waals surface area contributed by atoms with Crippen molar-refractivity contribution in [1.29, 1.82) is 0 Å². The number of carboxylic acids is 6. The van der Waals surface area contributed by atoms with Crippen molar-refractivity contribution in [3.63, 3.8) is 0 Å². The summed E-state index contributed by atoms with van der Waals surface area (Å²) in [6.07, 6.45) is -54.4. The topological polar surface area (TPSA) is 834 Å². The lowest BCUT2D eigenvalue weighted by atomic mass is 9.83. The predicted octanol–water partition coefficient (Wildman–Crippen LogP) is -28.7. The molecular weight excluding hydrogens is 1490 g/mol. The van der Waals surface area contributed by atoms with Crippen LogP contribution in [0.2, 0.25) is 0 Å². The number of guanidine groups is 6. The Morgan fingerprint density at radius 3 is 0.833 bits per heavy atom. The second-order valence-electron chi connectivity index (χ2n) is 19.3. The fourth-order valence-electron chi connectivity index (χ4n) is 7.40. The number of alkyl halides is 18. The zero-order valence-electron chi connectivity index (χ0n) is 50.0. The van der Waals surface area contributed by atoms with E-state index in [1.807, 2.05) is 0 Å². The maximum absolute atomic E-state index is 11.9. The molecule has 0 radical (unpaired) electrons. The molecule has 4 aliphatic rings. The van der Waals surface area contributed by atoms with Crippen LogP contribution < -0.4 is 129 Å². The summed E-state index contributed by atoms with van der Waals surface area (Å²) in [5.41, 5.74) is 68.0. The SMILES string of the molecule is NC(N)=[NH+]C[C@@H]1O[C@H](O[C@H]2[C@@H](O)[C@H](O[C@@H]3[C@@H](O)[C@H]([NH+]=C(N)N)C[C@H]([NH+]=C(N)N)[C@H]3O[C@H]3O[C@H](C[NH+]=C(N)N)[C@@H](O)[C@H](O)[C@H]3[NH+]=C(N)N)O[C@@H]2CO)[C@H]([NH+]=C(N)N)[C@@H](O)[C@@H]1O.O=C([O-])C(F)(F)F.O=C([O-])C(F)(F)F.O=C([O-])C(F)(F)F.O=C([O-])C(F)(F)F.O=C([O-])C(F)(F)F.O=C([O-])C(F)(F)F. The number of carboxylic acid groups (broad SMARTS) is 6. The van der Waals surface area contributed by atoms with E-state index in [0.717, 1.165) is 0 Å². The minimum absolute atomic E-state index is 0.0855. The number of aliphatic hydroxyl groups is 7. The second-order valence-corrected chi connectivity index (χ2v) is 19.3. The molecule has 19 atom stereocenters. The summed E-state index contributed by atoms with van der Waals surface area (Å²) in [5.74, 6) is -19.9. The number of carbonyl (C=O) groups is 6. The van der Waals surface area contributed by atoms with Gasteiger partial charge in [-0.3, -0.25) is 98.8 Å². The minimum Gasteiger partial charge on any atom is -0.542 e. The van der Waals surface area contributed by atoms with E-state index in [-0.39, 0.29) is 43.3 Å². The van der Waals surface area contributed by atoms with Crippen molar-refractivity contribution >= 4 is 71.6 Å². The first kappa shape index (κ1) is 96.8. The molecule has 594 valence electrons. The molecule has 0 aromatic carbocycles. The van der Waals surface area contributed by atoms with E-state index in [2.05, 4.69) is 30.0 Å².